The van der Waals surface area contributed by atoms with Gasteiger partial charge in [0.25, 0.3) is 11.8 Å². The third-order valence-corrected chi connectivity index (χ3v) is 6.71. The minimum atomic E-state index is -0.484. The van der Waals surface area contributed by atoms with Crippen LogP contribution in [0.2, 0.25) is 0 Å². The van der Waals surface area contributed by atoms with Gasteiger partial charge >= 0.3 is 0 Å². The van der Waals surface area contributed by atoms with Crippen molar-refractivity contribution in [3.05, 3.63) is 59.7 Å². The molecule has 0 saturated carbocycles. The monoisotopic (exact) mass is 466 g/mol. The normalized spacial score (nSPS) is 17.6. The summed E-state index contributed by atoms with van der Waals surface area (Å²) in [5.74, 6) is 0.0164. The number of carbonyl (C=O) groups is 3. The highest BCUT2D eigenvalue weighted by Crippen LogP contribution is 2.29. The van der Waals surface area contributed by atoms with Gasteiger partial charge in [0.1, 0.15) is 11.0 Å². The molecule has 3 amide bonds. The van der Waals surface area contributed by atoms with Gasteiger partial charge in [0.2, 0.25) is 5.91 Å². The number of nitrogens with zero attached hydrogens (tertiary/aromatic N) is 2. The average Bonchev–Trinajstić information content (AvgIpc) is 3.48. The number of nitrogens with one attached hydrogen (secondary N) is 2. The number of carbonyl (C=O) groups excluding carboxylic acids is 3. The summed E-state index contributed by atoms with van der Waals surface area (Å²) in [6.07, 6.45) is 2.27. The summed E-state index contributed by atoms with van der Waals surface area (Å²) in [5, 5.41) is 5.92. The van der Waals surface area contributed by atoms with Gasteiger partial charge < -0.3 is 20.3 Å². The second-order valence-corrected chi connectivity index (χ2v) is 9.07. The highest BCUT2D eigenvalue weighted by molar-refractivity contribution is 8.15. The van der Waals surface area contributed by atoms with Crippen molar-refractivity contribution in [3.8, 4) is 5.75 Å². The van der Waals surface area contributed by atoms with E-state index < -0.39 is 5.25 Å². The summed E-state index contributed by atoms with van der Waals surface area (Å²) >= 11 is 1.37. The molecule has 0 aliphatic carbocycles. The van der Waals surface area contributed by atoms with Crippen LogP contribution in [0.5, 0.6) is 5.75 Å². The molecule has 2 heterocycles. The van der Waals surface area contributed by atoms with E-state index in [1.807, 2.05) is 24.3 Å². The molecule has 0 radical (unpaired) electrons. The minimum absolute atomic E-state index is 0.0626. The van der Waals surface area contributed by atoms with Gasteiger partial charge in [-0.25, -0.2) is 0 Å². The van der Waals surface area contributed by atoms with Crippen molar-refractivity contribution < 1.29 is 19.1 Å². The molecule has 0 unspecified atom stereocenters. The lowest BCUT2D eigenvalue weighted by atomic mass is 10.1. The molecule has 8 nitrogen and oxygen atoms in total. The predicted molar refractivity (Wildman–Crippen MR) is 128 cm³/mol. The van der Waals surface area contributed by atoms with Crippen LogP contribution in [0, 0.1) is 0 Å². The van der Waals surface area contributed by atoms with Gasteiger partial charge in [-0.2, -0.15) is 4.99 Å². The van der Waals surface area contributed by atoms with Crippen LogP contribution in [-0.4, -0.2) is 53.2 Å². The zero-order valence-electron chi connectivity index (χ0n) is 18.4. The second kappa shape index (κ2) is 10.5. The summed E-state index contributed by atoms with van der Waals surface area (Å²) in [7, 11) is 1.60. The molecular formula is C24H26N4O4S. The number of thioether (sulfide) groups is 1. The Labute approximate surface area is 196 Å². The van der Waals surface area contributed by atoms with E-state index in [0.29, 0.717) is 17.8 Å². The highest BCUT2D eigenvalue weighted by atomic mass is 32.2. The molecule has 0 aromatic heterocycles. The van der Waals surface area contributed by atoms with Crippen LogP contribution in [-0.2, 0) is 16.1 Å². The van der Waals surface area contributed by atoms with Gasteiger partial charge in [0.15, 0.2) is 5.17 Å². The molecule has 2 aromatic carbocycles. The van der Waals surface area contributed by atoms with Crippen molar-refractivity contribution >= 4 is 40.3 Å². The average molecular weight is 467 g/mol. The Kier molecular flexibility index (Phi) is 7.29. The van der Waals surface area contributed by atoms with E-state index in [4.69, 9.17) is 4.74 Å². The minimum Gasteiger partial charge on any atom is -0.497 e. The number of hydrogen-bond donors (Lipinski definition) is 2. The Morgan fingerprint density at radius 3 is 2.64 bits per heavy atom. The lowest BCUT2D eigenvalue weighted by Gasteiger charge is -2.16. The first kappa shape index (κ1) is 22.8. The van der Waals surface area contributed by atoms with Crippen LogP contribution in [0.3, 0.4) is 0 Å². The van der Waals surface area contributed by atoms with E-state index in [2.05, 4.69) is 20.5 Å². The van der Waals surface area contributed by atoms with Gasteiger partial charge in [-0.1, -0.05) is 23.9 Å². The number of anilines is 1. The zero-order chi connectivity index (χ0) is 23.2. The highest BCUT2D eigenvalue weighted by Gasteiger charge is 2.33. The van der Waals surface area contributed by atoms with Crippen LogP contribution in [0.25, 0.3) is 0 Å². The number of hydrogen-bond acceptors (Lipinski definition) is 6. The molecule has 0 bridgehead atoms. The Bertz CT molecular complexity index is 1060. The van der Waals surface area contributed by atoms with E-state index >= 15 is 0 Å². The first-order valence-electron chi connectivity index (χ1n) is 10.9. The van der Waals surface area contributed by atoms with Gasteiger partial charge in [-0.3, -0.25) is 14.4 Å². The fourth-order valence-electron chi connectivity index (χ4n) is 3.71. The standard InChI is InChI=1S/C24H26N4O4S/c1-32-19-6-4-5-16(13-19)15-25-22(30)17-7-9-18(10-8-17)26-21(29)14-20-23(31)27-24(33-20)28-11-2-3-12-28/h4-10,13,20H,2-3,11-12,14-15H2,1H3,(H,25,30)(H,26,29)/t20-/m0/s1. The van der Waals surface area contributed by atoms with Crippen LogP contribution >= 0.6 is 11.8 Å². The second-order valence-electron chi connectivity index (χ2n) is 7.90. The Hall–Kier alpha value is -3.33. The number of methoxy groups -OCH3 is 1. The summed E-state index contributed by atoms with van der Waals surface area (Å²) in [4.78, 5) is 43.3. The van der Waals surface area contributed by atoms with E-state index in [1.165, 1.54) is 11.8 Å². The van der Waals surface area contributed by atoms with Crippen LogP contribution < -0.4 is 15.4 Å². The first-order valence-corrected chi connectivity index (χ1v) is 11.7. The topological polar surface area (TPSA) is 100 Å². The molecule has 1 fully saturated rings. The fraction of sp³-hybridized carbons (Fsp3) is 0.333. The molecule has 2 aliphatic rings. The van der Waals surface area contributed by atoms with Gasteiger partial charge in [-0.05, 0) is 54.8 Å². The Morgan fingerprint density at radius 1 is 1.15 bits per heavy atom. The third-order valence-electron chi connectivity index (χ3n) is 5.49. The largest absolute Gasteiger partial charge is 0.497 e. The molecule has 0 spiro atoms. The number of rotatable bonds is 7. The molecule has 1 saturated heterocycles. The molecule has 2 aliphatic heterocycles. The van der Waals surface area contributed by atoms with Crippen molar-refractivity contribution in [1.29, 1.82) is 0 Å². The van der Waals surface area contributed by atoms with Crippen molar-refractivity contribution in [1.82, 2.24) is 10.2 Å². The van der Waals surface area contributed by atoms with Gasteiger partial charge in [-0.15, -0.1) is 0 Å². The Morgan fingerprint density at radius 2 is 1.91 bits per heavy atom. The maximum Gasteiger partial charge on any atom is 0.262 e. The molecule has 2 aromatic rings. The van der Waals surface area contributed by atoms with E-state index in [0.717, 1.165) is 42.4 Å². The molecule has 33 heavy (non-hydrogen) atoms. The number of amidine groups is 1. The van der Waals surface area contributed by atoms with E-state index in [1.54, 1.807) is 31.4 Å². The van der Waals surface area contributed by atoms with Crippen molar-refractivity contribution in [2.45, 2.75) is 31.1 Å². The quantitative estimate of drug-likeness (QED) is 0.651. The SMILES string of the molecule is COc1cccc(CNC(=O)c2ccc(NC(=O)C[C@@H]3SC(N4CCCC4)=NC3=O)cc2)c1. The number of benzene rings is 2. The molecule has 4 rings (SSSR count). The van der Waals surface area contributed by atoms with E-state index in [9.17, 15) is 14.4 Å². The zero-order valence-corrected chi connectivity index (χ0v) is 19.2. The number of likely N-dealkylation sites (tertiary alicyclic amines) is 1. The van der Waals surface area contributed by atoms with Crippen LogP contribution in [0.15, 0.2) is 53.5 Å². The molecule has 1 atom stereocenters. The van der Waals surface area contributed by atoms with Crippen LogP contribution in [0.4, 0.5) is 5.69 Å². The van der Waals surface area contributed by atoms with Crippen molar-refractivity contribution in [2.24, 2.45) is 4.99 Å². The number of amides is 3. The fourth-order valence-corrected chi connectivity index (χ4v) is 4.82. The lowest BCUT2D eigenvalue weighted by Crippen LogP contribution is -2.25. The van der Waals surface area contributed by atoms with Crippen LogP contribution in [0.1, 0.15) is 35.2 Å². The summed E-state index contributed by atoms with van der Waals surface area (Å²) < 4.78 is 5.19. The third kappa shape index (κ3) is 5.92. The molecule has 2 N–H and O–H groups in total. The smallest absolute Gasteiger partial charge is 0.262 e. The molecular weight excluding hydrogens is 440 g/mol. The number of ether oxygens (including phenoxy) is 1. The molecule has 9 heteroatoms. The van der Waals surface area contributed by atoms with Gasteiger partial charge in [0.05, 0.1) is 7.11 Å². The summed E-state index contributed by atoms with van der Waals surface area (Å²) in [6, 6.07) is 14.1. The lowest BCUT2D eigenvalue weighted by molar-refractivity contribution is -0.121. The summed E-state index contributed by atoms with van der Waals surface area (Å²) in [6.45, 7) is 2.21. The summed E-state index contributed by atoms with van der Waals surface area (Å²) in [5.41, 5.74) is 1.99. The van der Waals surface area contributed by atoms with Crippen molar-refractivity contribution in [2.75, 3.05) is 25.5 Å². The Balaban J connectivity index is 1.25. The van der Waals surface area contributed by atoms with Crippen molar-refractivity contribution in [3.63, 3.8) is 0 Å². The van der Waals surface area contributed by atoms with E-state index in [-0.39, 0.29) is 24.1 Å². The maximum absolute atomic E-state index is 12.4. The maximum atomic E-state index is 12.4. The predicted octanol–water partition coefficient (Wildman–Crippen LogP) is 3.05. The first-order chi connectivity index (χ1) is 16.0. The number of aliphatic imine (C=N–C) groups is 1. The molecule has 172 valence electrons. The van der Waals surface area contributed by atoms with Gasteiger partial charge in [0, 0.05) is 37.3 Å².